The topological polar surface area (TPSA) is 85.2 Å². The molecule has 0 aliphatic carbocycles. The summed E-state index contributed by atoms with van der Waals surface area (Å²) in [5.41, 5.74) is 10.7. The third kappa shape index (κ3) is 1.81. The molecule has 1 aromatic rings. The van der Waals surface area contributed by atoms with Crippen LogP contribution < -0.4 is 11.5 Å². The molecule has 0 spiro atoms. The van der Waals surface area contributed by atoms with Gasteiger partial charge in [-0.3, -0.25) is 0 Å². The lowest BCUT2D eigenvalue weighted by atomic mass is 10.1. The predicted octanol–water partition coefficient (Wildman–Crippen LogP) is -0.232. The van der Waals surface area contributed by atoms with Crippen molar-refractivity contribution in [3.63, 3.8) is 0 Å². The van der Waals surface area contributed by atoms with Gasteiger partial charge >= 0.3 is 0 Å². The maximum Gasteiger partial charge on any atom is 0.114 e. The van der Waals surface area contributed by atoms with Gasteiger partial charge in [0.15, 0.2) is 0 Å². The van der Waals surface area contributed by atoms with Crippen molar-refractivity contribution in [2.75, 3.05) is 6.54 Å². The summed E-state index contributed by atoms with van der Waals surface area (Å²) in [7, 11) is 0. The fourth-order valence-corrected chi connectivity index (χ4v) is 1.57. The molecule has 1 atom stereocenters. The number of aliphatic hydroxyl groups excluding tert-OH is 1. The molecule has 0 aromatic carbocycles. The number of nitrogens with two attached hydrogens (primary N) is 2. The highest BCUT2D eigenvalue weighted by Gasteiger charge is 2.22. The zero-order valence-corrected chi connectivity index (χ0v) is 7.77. The summed E-state index contributed by atoms with van der Waals surface area (Å²) in [4.78, 5) is 4.90. The standard InChI is InChI=1S/C7H13N3OS/c1-7(9,4-8)6-10-2-5(3-11)12-6/h2,11H,3-4,8-9H2,1H3. The maximum absolute atomic E-state index is 8.79. The normalized spacial score (nSPS) is 16.0. The monoisotopic (exact) mass is 187 g/mol. The number of thiazole rings is 1. The molecule has 0 bridgehead atoms. The Hall–Kier alpha value is -0.490. The minimum absolute atomic E-state index is 0.0122. The Morgan fingerprint density at radius 2 is 2.42 bits per heavy atom. The predicted molar refractivity (Wildman–Crippen MR) is 48.6 cm³/mol. The van der Waals surface area contributed by atoms with Crippen LogP contribution in [0.4, 0.5) is 0 Å². The molecule has 0 aliphatic rings. The lowest BCUT2D eigenvalue weighted by Gasteiger charge is -2.18. The number of hydrogen-bond donors (Lipinski definition) is 3. The second kappa shape index (κ2) is 3.49. The first-order valence-corrected chi connectivity index (χ1v) is 4.47. The van der Waals surface area contributed by atoms with Crippen molar-refractivity contribution in [3.8, 4) is 0 Å². The molecule has 0 saturated carbocycles. The molecule has 1 aromatic heterocycles. The van der Waals surface area contributed by atoms with Crippen LogP contribution in [0.15, 0.2) is 6.20 Å². The van der Waals surface area contributed by atoms with E-state index in [1.165, 1.54) is 11.3 Å². The summed E-state index contributed by atoms with van der Waals surface area (Å²) in [6.07, 6.45) is 1.63. The highest BCUT2D eigenvalue weighted by Crippen LogP contribution is 2.22. The number of nitrogens with zero attached hydrogens (tertiary/aromatic N) is 1. The molecule has 4 nitrogen and oxygen atoms in total. The van der Waals surface area contributed by atoms with E-state index in [-0.39, 0.29) is 6.61 Å². The van der Waals surface area contributed by atoms with Gasteiger partial charge in [0, 0.05) is 12.7 Å². The summed E-state index contributed by atoms with van der Waals surface area (Å²) in [6, 6.07) is 0. The van der Waals surface area contributed by atoms with E-state index in [9.17, 15) is 0 Å². The highest BCUT2D eigenvalue weighted by molar-refractivity contribution is 7.11. The van der Waals surface area contributed by atoms with Crippen molar-refractivity contribution in [3.05, 3.63) is 16.1 Å². The molecular weight excluding hydrogens is 174 g/mol. The Kier molecular flexibility index (Phi) is 2.79. The minimum Gasteiger partial charge on any atom is -0.391 e. The van der Waals surface area contributed by atoms with E-state index in [0.29, 0.717) is 6.54 Å². The molecule has 5 N–H and O–H groups in total. The number of aliphatic hydroxyl groups is 1. The Bertz CT molecular complexity index is 259. The van der Waals surface area contributed by atoms with Gasteiger partial charge in [-0.1, -0.05) is 0 Å². The van der Waals surface area contributed by atoms with Crippen molar-refractivity contribution in [2.24, 2.45) is 11.5 Å². The molecule has 0 radical (unpaired) electrons. The summed E-state index contributed by atoms with van der Waals surface area (Å²) >= 11 is 1.40. The van der Waals surface area contributed by atoms with Crippen molar-refractivity contribution >= 4 is 11.3 Å². The van der Waals surface area contributed by atoms with Crippen LogP contribution in [-0.4, -0.2) is 16.6 Å². The van der Waals surface area contributed by atoms with E-state index < -0.39 is 5.54 Å². The lowest BCUT2D eigenvalue weighted by Crippen LogP contribution is -2.40. The molecule has 1 rings (SSSR count). The van der Waals surface area contributed by atoms with Gasteiger partial charge in [-0.15, -0.1) is 11.3 Å². The van der Waals surface area contributed by atoms with Crippen LogP contribution in [-0.2, 0) is 12.1 Å². The molecule has 0 saturated heterocycles. The molecule has 0 amide bonds. The van der Waals surface area contributed by atoms with Crippen LogP contribution in [0.3, 0.4) is 0 Å². The maximum atomic E-state index is 8.79. The van der Waals surface area contributed by atoms with E-state index in [2.05, 4.69) is 4.98 Å². The van der Waals surface area contributed by atoms with Crippen molar-refractivity contribution in [2.45, 2.75) is 19.1 Å². The molecule has 1 unspecified atom stereocenters. The fourth-order valence-electron chi connectivity index (χ4n) is 0.732. The largest absolute Gasteiger partial charge is 0.391 e. The smallest absolute Gasteiger partial charge is 0.114 e. The van der Waals surface area contributed by atoms with Crippen LogP contribution >= 0.6 is 11.3 Å². The number of rotatable bonds is 3. The Labute approximate surface area is 75.2 Å². The Balaban J connectivity index is 2.88. The van der Waals surface area contributed by atoms with Crippen LogP contribution in [0.5, 0.6) is 0 Å². The van der Waals surface area contributed by atoms with E-state index in [4.69, 9.17) is 16.6 Å². The minimum atomic E-state index is -0.571. The van der Waals surface area contributed by atoms with E-state index in [1.807, 2.05) is 6.92 Å². The van der Waals surface area contributed by atoms with Crippen molar-refractivity contribution in [1.29, 1.82) is 0 Å². The fraction of sp³-hybridized carbons (Fsp3) is 0.571. The van der Waals surface area contributed by atoms with Gasteiger partial charge in [-0.2, -0.15) is 0 Å². The zero-order chi connectivity index (χ0) is 9.19. The molecule has 5 heteroatoms. The van der Waals surface area contributed by atoms with Crippen LogP contribution in [0.2, 0.25) is 0 Å². The SMILES string of the molecule is CC(N)(CN)c1ncc(CO)s1. The molecular formula is C7H13N3OS. The third-order valence-electron chi connectivity index (χ3n) is 1.62. The Morgan fingerprint density at radius 3 is 2.83 bits per heavy atom. The van der Waals surface area contributed by atoms with Crippen LogP contribution in [0.25, 0.3) is 0 Å². The quantitative estimate of drug-likeness (QED) is 0.610. The molecule has 0 aliphatic heterocycles. The van der Waals surface area contributed by atoms with Crippen molar-refractivity contribution < 1.29 is 5.11 Å². The summed E-state index contributed by atoms with van der Waals surface area (Å²) in [5.74, 6) is 0. The van der Waals surface area contributed by atoms with Gasteiger partial charge in [-0.25, -0.2) is 4.98 Å². The molecule has 0 fully saturated rings. The van der Waals surface area contributed by atoms with Gasteiger partial charge in [0.1, 0.15) is 5.01 Å². The van der Waals surface area contributed by atoms with Crippen LogP contribution in [0, 0.1) is 0 Å². The summed E-state index contributed by atoms with van der Waals surface area (Å²) in [5, 5.41) is 9.56. The van der Waals surface area contributed by atoms with Crippen LogP contribution in [0.1, 0.15) is 16.8 Å². The highest BCUT2D eigenvalue weighted by atomic mass is 32.1. The van der Waals surface area contributed by atoms with Gasteiger partial charge in [0.05, 0.1) is 17.0 Å². The Morgan fingerprint density at radius 1 is 1.75 bits per heavy atom. The second-order valence-electron chi connectivity index (χ2n) is 2.91. The second-order valence-corrected chi connectivity index (χ2v) is 4.03. The number of hydrogen-bond acceptors (Lipinski definition) is 5. The third-order valence-corrected chi connectivity index (χ3v) is 2.88. The molecule has 1 heterocycles. The average molecular weight is 187 g/mol. The molecule has 68 valence electrons. The van der Waals surface area contributed by atoms with Gasteiger partial charge in [-0.05, 0) is 6.92 Å². The summed E-state index contributed by atoms with van der Waals surface area (Å²) < 4.78 is 0. The van der Waals surface area contributed by atoms with E-state index in [0.717, 1.165) is 9.88 Å². The first kappa shape index (κ1) is 9.60. The molecule has 12 heavy (non-hydrogen) atoms. The van der Waals surface area contributed by atoms with E-state index >= 15 is 0 Å². The first-order chi connectivity index (χ1) is 5.60. The van der Waals surface area contributed by atoms with Gasteiger partial charge in [0.2, 0.25) is 0 Å². The zero-order valence-electron chi connectivity index (χ0n) is 6.95. The number of aromatic nitrogens is 1. The van der Waals surface area contributed by atoms with Gasteiger partial charge < -0.3 is 16.6 Å². The first-order valence-electron chi connectivity index (χ1n) is 3.65. The van der Waals surface area contributed by atoms with Crippen molar-refractivity contribution in [1.82, 2.24) is 4.98 Å². The van der Waals surface area contributed by atoms with Gasteiger partial charge in [0.25, 0.3) is 0 Å². The summed E-state index contributed by atoms with van der Waals surface area (Å²) in [6.45, 7) is 2.19. The lowest BCUT2D eigenvalue weighted by molar-refractivity contribution is 0.285. The van der Waals surface area contributed by atoms with E-state index in [1.54, 1.807) is 6.20 Å². The average Bonchev–Trinajstić information content (AvgIpc) is 2.52.